The SMILES string of the molecule is NOCC1CCC(CO)CC1. The smallest absolute Gasteiger partial charge is 0.0707 e. The highest BCUT2D eigenvalue weighted by molar-refractivity contribution is 4.71. The molecule has 0 radical (unpaired) electrons. The summed E-state index contributed by atoms with van der Waals surface area (Å²) in [7, 11) is 0. The highest BCUT2D eigenvalue weighted by atomic mass is 16.6. The van der Waals surface area contributed by atoms with Crippen molar-refractivity contribution in [3.05, 3.63) is 0 Å². The molecule has 0 bridgehead atoms. The summed E-state index contributed by atoms with van der Waals surface area (Å²) in [5.41, 5.74) is 0. The third-order valence-corrected chi connectivity index (χ3v) is 2.56. The summed E-state index contributed by atoms with van der Waals surface area (Å²) in [4.78, 5) is 4.59. The van der Waals surface area contributed by atoms with Crippen LogP contribution < -0.4 is 5.90 Å². The minimum Gasteiger partial charge on any atom is -0.396 e. The first kappa shape index (κ1) is 8.97. The molecule has 1 saturated carbocycles. The Hall–Kier alpha value is -0.120. The van der Waals surface area contributed by atoms with Crippen molar-refractivity contribution in [2.45, 2.75) is 25.7 Å². The molecular weight excluding hydrogens is 142 g/mol. The molecule has 1 aliphatic rings. The lowest BCUT2D eigenvalue weighted by molar-refractivity contribution is 0.0702. The molecular formula is C8H17NO2. The highest BCUT2D eigenvalue weighted by Gasteiger charge is 2.20. The first-order valence-electron chi connectivity index (χ1n) is 4.29. The number of nitrogens with two attached hydrogens (primary N) is 1. The van der Waals surface area contributed by atoms with Gasteiger partial charge in [-0.05, 0) is 37.5 Å². The Kier molecular flexibility index (Phi) is 3.83. The van der Waals surface area contributed by atoms with Crippen LogP contribution in [0.2, 0.25) is 0 Å². The minimum absolute atomic E-state index is 0.343. The molecule has 0 aromatic carbocycles. The van der Waals surface area contributed by atoms with E-state index in [1.807, 2.05) is 0 Å². The summed E-state index contributed by atoms with van der Waals surface area (Å²) in [6.45, 7) is 1.02. The van der Waals surface area contributed by atoms with E-state index in [1.54, 1.807) is 0 Å². The van der Waals surface area contributed by atoms with Gasteiger partial charge in [0.2, 0.25) is 0 Å². The lowest BCUT2D eigenvalue weighted by atomic mass is 9.83. The normalized spacial score (nSPS) is 32.2. The van der Waals surface area contributed by atoms with Crippen LogP contribution in [0.3, 0.4) is 0 Å². The van der Waals surface area contributed by atoms with Crippen molar-refractivity contribution < 1.29 is 9.94 Å². The Morgan fingerprint density at radius 3 is 2.18 bits per heavy atom. The average molecular weight is 159 g/mol. The number of rotatable bonds is 3. The van der Waals surface area contributed by atoms with Gasteiger partial charge in [0.05, 0.1) is 6.61 Å². The van der Waals surface area contributed by atoms with Crippen molar-refractivity contribution in [2.24, 2.45) is 17.7 Å². The standard InChI is InChI=1S/C8H17NO2/c9-11-6-8-3-1-7(5-10)2-4-8/h7-8,10H,1-6,9H2. The van der Waals surface area contributed by atoms with Crippen LogP contribution >= 0.6 is 0 Å². The molecule has 11 heavy (non-hydrogen) atoms. The molecule has 0 unspecified atom stereocenters. The van der Waals surface area contributed by atoms with E-state index in [1.165, 1.54) is 0 Å². The maximum Gasteiger partial charge on any atom is 0.0707 e. The molecule has 1 rings (SSSR count). The zero-order valence-electron chi connectivity index (χ0n) is 6.83. The topological polar surface area (TPSA) is 55.5 Å². The van der Waals surface area contributed by atoms with Crippen LogP contribution in [-0.2, 0) is 4.84 Å². The van der Waals surface area contributed by atoms with Crippen LogP contribution in [0.4, 0.5) is 0 Å². The number of hydrogen-bond donors (Lipinski definition) is 2. The van der Waals surface area contributed by atoms with E-state index in [-0.39, 0.29) is 0 Å². The van der Waals surface area contributed by atoms with Gasteiger partial charge in [-0.25, -0.2) is 5.90 Å². The first-order valence-corrected chi connectivity index (χ1v) is 4.29. The maximum atomic E-state index is 8.85. The van der Waals surface area contributed by atoms with Gasteiger partial charge in [0.25, 0.3) is 0 Å². The summed E-state index contributed by atoms with van der Waals surface area (Å²) in [6.07, 6.45) is 4.57. The number of aliphatic hydroxyl groups excluding tert-OH is 1. The van der Waals surface area contributed by atoms with Crippen LogP contribution in [0.5, 0.6) is 0 Å². The van der Waals surface area contributed by atoms with Gasteiger partial charge >= 0.3 is 0 Å². The predicted molar refractivity (Wildman–Crippen MR) is 42.7 cm³/mol. The van der Waals surface area contributed by atoms with Gasteiger partial charge in [-0.1, -0.05) is 0 Å². The van der Waals surface area contributed by atoms with Gasteiger partial charge in [-0.3, -0.25) is 0 Å². The van der Waals surface area contributed by atoms with Gasteiger partial charge in [0.1, 0.15) is 0 Å². The van der Waals surface area contributed by atoms with E-state index in [2.05, 4.69) is 4.84 Å². The van der Waals surface area contributed by atoms with Gasteiger partial charge < -0.3 is 9.94 Å². The summed E-state index contributed by atoms with van der Waals surface area (Å²) in [6, 6.07) is 0. The molecule has 0 amide bonds. The zero-order valence-corrected chi connectivity index (χ0v) is 6.83. The van der Waals surface area contributed by atoms with E-state index in [4.69, 9.17) is 11.0 Å². The van der Waals surface area contributed by atoms with Crippen molar-refractivity contribution in [2.75, 3.05) is 13.2 Å². The van der Waals surface area contributed by atoms with Crippen LogP contribution in [0, 0.1) is 11.8 Å². The molecule has 3 heteroatoms. The van der Waals surface area contributed by atoms with Crippen molar-refractivity contribution in [1.82, 2.24) is 0 Å². The minimum atomic E-state index is 0.343. The van der Waals surface area contributed by atoms with E-state index in [0.29, 0.717) is 25.0 Å². The fourth-order valence-electron chi connectivity index (χ4n) is 1.72. The summed E-state index contributed by atoms with van der Waals surface area (Å²) in [5.74, 6) is 6.14. The van der Waals surface area contributed by atoms with Crippen LogP contribution in [-0.4, -0.2) is 18.3 Å². The summed E-state index contributed by atoms with van der Waals surface area (Å²) < 4.78 is 0. The highest BCUT2D eigenvalue weighted by Crippen LogP contribution is 2.28. The molecule has 0 aromatic heterocycles. The lowest BCUT2D eigenvalue weighted by Gasteiger charge is -2.26. The van der Waals surface area contributed by atoms with Gasteiger partial charge in [0.15, 0.2) is 0 Å². The molecule has 0 saturated heterocycles. The van der Waals surface area contributed by atoms with Crippen LogP contribution in [0.15, 0.2) is 0 Å². The number of hydrogen-bond acceptors (Lipinski definition) is 3. The van der Waals surface area contributed by atoms with Crippen molar-refractivity contribution in [3.8, 4) is 0 Å². The molecule has 1 aliphatic carbocycles. The van der Waals surface area contributed by atoms with Crippen molar-refractivity contribution in [3.63, 3.8) is 0 Å². The van der Waals surface area contributed by atoms with Crippen LogP contribution in [0.25, 0.3) is 0 Å². The molecule has 0 heterocycles. The molecule has 3 nitrogen and oxygen atoms in total. The predicted octanol–water partition coefficient (Wildman–Crippen LogP) is 0.675. The van der Waals surface area contributed by atoms with Crippen molar-refractivity contribution in [1.29, 1.82) is 0 Å². The van der Waals surface area contributed by atoms with Crippen molar-refractivity contribution >= 4 is 0 Å². The first-order chi connectivity index (χ1) is 5.36. The van der Waals surface area contributed by atoms with E-state index < -0.39 is 0 Å². The molecule has 0 spiro atoms. The van der Waals surface area contributed by atoms with Gasteiger partial charge in [-0.15, -0.1) is 0 Å². The molecule has 0 atom stereocenters. The number of aliphatic hydroxyl groups is 1. The second-order valence-corrected chi connectivity index (χ2v) is 3.40. The Labute approximate surface area is 67.5 Å². The Morgan fingerprint density at radius 2 is 1.73 bits per heavy atom. The van der Waals surface area contributed by atoms with Gasteiger partial charge in [-0.2, -0.15) is 0 Å². The van der Waals surface area contributed by atoms with Gasteiger partial charge in [0, 0.05) is 6.61 Å². The Morgan fingerprint density at radius 1 is 1.18 bits per heavy atom. The summed E-state index contributed by atoms with van der Waals surface area (Å²) >= 11 is 0. The van der Waals surface area contributed by atoms with Crippen LogP contribution in [0.1, 0.15) is 25.7 Å². The van der Waals surface area contributed by atoms with E-state index >= 15 is 0 Å². The Bertz CT molecular complexity index is 100. The fraction of sp³-hybridized carbons (Fsp3) is 1.00. The Balaban J connectivity index is 2.14. The third-order valence-electron chi connectivity index (χ3n) is 2.56. The average Bonchev–Trinajstić information content (AvgIpc) is 2.07. The summed E-state index contributed by atoms with van der Waals surface area (Å²) in [5, 5.41) is 8.85. The molecule has 0 aromatic rings. The maximum absolute atomic E-state index is 8.85. The van der Waals surface area contributed by atoms with E-state index in [9.17, 15) is 0 Å². The molecule has 0 aliphatic heterocycles. The lowest BCUT2D eigenvalue weighted by Crippen LogP contribution is -2.21. The molecule has 66 valence electrons. The molecule has 3 N–H and O–H groups in total. The second-order valence-electron chi connectivity index (χ2n) is 3.40. The quantitative estimate of drug-likeness (QED) is 0.595. The fourth-order valence-corrected chi connectivity index (χ4v) is 1.72. The zero-order chi connectivity index (χ0) is 8.10. The largest absolute Gasteiger partial charge is 0.396 e. The molecule has 1 fully saturated rings. The second kappa shape index (κ2) is 4.70. The monoisotopic (exact) mass is 159 g/mol. The third kappa shape index (κ3) is 2.77. The van der Waals surface area contributed by atoms with E-state index in [0.717, 1.165) is 25.7 Å².